The highest BCUT2D eigenvalue weighted by Gasteiger charge is 2.28. The molecular weight excluding hydrogens is 336 g/mol. The van der Waals surface area contributed by atoms with E-state index in [0.29, 0.717) is 17.2 Å². The van der Waals surface area contributed by atoms with Crippen LogP contribution < -0.4 is 0 Å². The number of carbonyl (C=O) groups excluding carboxylic acids is 1. The van der Waals surface area contributed by atoms with Crippen molar-refractivity contribution in [2.24, 2.45) is 0 Å². The van der Waals surface area contributed by atoms with E-state index in [4.69, 9.17) is 0 Å². The van der Waals surface area contributed by atoms with Gasteiger partial charge in [0.15, 0.2) is 0 Å². The van der Waals surface area contributed by atoms with Crippen molar-refractivity contribution in [3.63, 3.8) is 0 Å². The van der Waals surface area contributed by atoms with Crippen molar-refractivity contribution in [1.82, 2.24) is 14.4 Å². The zero-order valence-corrected chi connectivity index (χ0v) is 15.6. The molecule has 0 spiro atoms. The molecule has 0 radical (unpaired) electrons. The van der Waals surface area contributed by atoms with Gasteiger partial charge in [-0.2, -0.15) is 5.26 Å². The smallest absolute Gasteiger partial charge is 0.253 e. The molecule has 5 heteroatoms. The van der Waals surface area contributed by atoms with E-state index >= 15 is 0 Å². The summed E-state index contributed by atoms with van der Waals surface area (Å²) in [4.78, 5) is 16.9. The van der Waals surface area contributed by atoms with Gasteiger partial charge in [-0.3, -0.25) is 4.79 Å². The largest absolute Gasteiger partial charge is 0.337 e. The van der Waals surface area contributed by atoms with Crippen LogP contribution in [0.4, 0.5) is 0 Å². The molecule has 0 aliphatic carbocycles. The molecule has 4 rings (SSSR count). The summed E-state index contributed by atoms with van der Waals surface area (Å²) in [5, 5.41) is 10.3. The molecule has 5 nitrogen and oxygen atoms in total. The van der Waals surface area contributed by atoms with Crippen molar-refractivity contribution in [1.29, 1.82) is 5.26 Å². The van der Waals surface area contributed by atoms with Gasteiger partial charge in [0.05, 0.1) is 11.1 Å². The Morgan fingerprint density at radius 2 is 1.89 bits per heavy atom. The number of nitriles is 1. The predicted octanol–water partition coefficient (Wildman–Crippen LogP) is 3.28. The summed E-state index contributed by atoms with van der Waals surface area (Å²) < 4.78 is 2.00. The van der Waals surface area contributed by atoms with Gasteiger partial charge in [-0.15, -0.1) is 0 Å². The molecule has 1 fully saturated rings. The number of aromatic nitrogens is 1. The topological polar surface area (TPSA) is 52.3 Å². The molecule has 1 amide bonds. The molecule has 1 aromatic heterocycles. The zero-order chi connectivity index (χ0) is 19.0. The molecule has 27 heavy (non-hydrogen) atoms. The van der Waals surface area contributed by atoms with Crippen LogP contribution in [0.1, 0.15) is 22.3 Å². The number of fused-ring (bicyclic) bond motifs is 1. The lowest BCUT2D eigenvalue weighted by Crippen LogP contribution is -2.34. The van der Waals surface area contributed by atoms with Crippen LogP contribution in [-0.2, 0) is 0 Å². The van der Waals surface area contributed by atoms with Gasteiger partial charge in [0, 0.05) is 42.0 Å². The van der Waals surface area contributed by atoms with Gasteiger partial charge in [-0.25, -0.2) is 0 Å². The van der Waals surface area contributed by atoms with E-state index in [1.807, 2.05) is 64.2 Å². The van der Waals surface area contributed by atoms with Crippen LogP contribution in [0.2, 0.25) is 0 Å². The van der Waals surface area contributed by atoms with Crippen molar-refractivity contribution in [2.75, 3.05) is 27.2 Å². The minimum Gasteiger partial charge on any atom is -0.337 e. The minimum absolute atomic E-state index is 0.0842. The molecule has 2 heterocycles. The van der Waals surface area contributed by atoms with E-state index in [-0.39, 0.29) is 5.91 Å². The Balaban J connectivity index is 1.60. The lowest BCUT2D eigenvalue weighted by molar-refractivity contribution is 0.0783. The third-order valence-electron chi connectivity index (χ3n) is 5.41. The number of hydrogen-bond acceptors (Lipinski definition) is 3. The number of para-hydroxylation sites is 1. The first-order valence-corrected chi connectivity index (χ1v) is 9.15. The van der Waals surface area contributed by atoms with Crippen molar-refractivity contribution >= 4 is 16.8 Å². The Bertz CT molecular complexity index is 1030. The maximum atomic E-state index is 12.8. The summed E-state index contributed by atoms with van der Waals surface area (Å²) in [6.45, 7) is 1.58. The summed E-state index contributed by atoms with van der Waals surface area (Å²) >= 11 is 0. The fourth-order valence-electron chi connectivity index (χ4n) is 3.78. The number of carbonyl (C=O) groups is 1. The van der Waals surface area contributed by atoms with Gasteiger partial charge in [0.1, 0.15) is 6.07 Å². The van der Waals surface area contributed by atoms with Gasteiger partial charge < -0.3 is 14.4 Å². The maximum absolute atomic E-state index is 12.8. The van der Waals surface area contributed by atoms with Crippen LogP contribution in [0, 0.1) is 11.3 Å². The number of hydrogen-bond donors (Lipinski definition) is 0. The highest BCUT2D eigenvalue weighted by Crippen LogP contribution is 2.25. The number of rotatable bonds is 3. The molecule has 1 saturated heterocycles. The fourth-order valence-corrected chi connectivity index (χ4v) is 3.78. The van der Waals surface area contributed by atoms with Gasteiger partial charge >= 0.3 is 0 Å². The van der Waals surface area contributed by atoms with Gasteiger partial charge in [-0.05, 0) is 50.8 Å². The van der Waals surface area contributed by atoms with E-state index in [2.05, 4.69) is 25.1 Å². The van der Waals surface area contributed by atoms with Crippen LogP contribution in [-0.4, -0.2) is 53.5 Å². The van der Waals surface area contributed by atoms with Crippen molar-refractivity contribution in [3.05, 3.63) is 65.9 Å². The fraction of sp³-hybridized carbons (Fsp3) is 0.273. The lowest BCUT2D eigenvalue weighted by Gasteiger charge is -2.20. The van der Waals surface area contributed by atoms with Crippen molar-refractivity contribution in [3.8, 4) is 11.8 Å². The average Bonchev–Trinajstić information content (AvgIpc) is 3.33. The second-order valence-electron chi connectivity index (χ2n) is 7.25. The first kappa shape index (κ1) is 17.3. The third kappa shape index (κ3) is 3.09. The molecule has 1 atom stereocenters. The van der Waals surface area contributed by atoms with Crippen LogP contribution in [0.5, 0.6) is 0 Å². The molecule has 0 N–H and O–H groups in total. The van der Waals surface area contributed by atoms with E-state index in [9.17, 15) is 10.1 Å². The third-order valence-corrected chi connectivity index (χ3v) is 5.41. The number of amides is 1. The Morgan fingerprint density at radius 3 is 2.56 bits per heavy atom. The molecule has 2 aromatic carbocycles. The van der Waals surface area contributed by atoms with E-state index in [0.717, 1.165) is 36.1 Å². The van der Waals surface area contributed by atoms with Crippen molar-refractivity contribution in [2.45, 2.75) is 12.5 Å². The van der Waals surface area contributed by atoms with E-state index in [1.54, 1.807) is 0 Å². The summed E-state index contributed by atoms with van der Waals surface area (Å²) in [6.07, 6.45) is 2.87. The minimum atomic E-state index is 0.0842. The Hall–Kier alpha value is -3.10. The molecule has 3 aromatic rings. The summed E-state index contributed by atoms with van der Waals surface area (Å²) in [5.74, 6) is 0.0842. The van der Waals surface area contributed by atoms with Gasteiger partial charge in [0.25, 0.3) is 5.91 Å². The second kappa shape index (κ2) is 6.90. The molecule has 1 aliphatic heterocycles. The van der Waals surface area contributed by atoms with Crippen LogP contribution in [0.3, 0.4) is 0 Å². The summed E-state index contributed by atoms with van der Waals surface area (Å²) in [6, 6.07) is 18.2. The van der Waals surface area contributed by atoms with Gasteiger partial charge in [-0.1, -0.05) is 18.2 Å². The summed E-state index contributed by atoms with van der Waals surface area (Å²) in [7, 11) is 4.12. The van der Waals surface area contributed by atoms with Crippen LogP contribution in [0.25, 0.3) is 16.6 Å². The normalized spacial score (nSPS) is 16.8. The number of benzene rings is 2. The molecule has 0 bridgehead atoms. The van der Waals surface area contributed by atoms with Gasteiger partial charge in [0.2, 0.25) is 0 Å². The number of likely N-dealkylation sites (N-methyl/N-ethyl adjacent to an activating group) is 1. The molecular formula is C22H22N4O. The SMILES string of the molecule is CN(C)C1CCN(C(=O)c2ccc(-n3cc(C#N)c4ccccc43)cc2)C1. The van der Waals surface area contributed by atoms with Crippen molar-refractivity contribution < 1.29 is 4.79 Å². The standard InChI is InChI=1S/C22H22N4O/c1-24(2)19-11-12-25(15-19)22(27)16-7-9-18(10-8-16)26-14-17(13-23)20-5-3-4-6-21(20)26/h3-10,14,19H,11-12,15H2,1-2H3. The molecule has 136 valence electrons. The van der Waals surface area contributed by atoms with Crippen LogP contribution in [0.15, 0.2) is 54.7 Å². The number of likely N-dealkylation sites (tertiary alicyclic amines) is 1. The quantitative estimate of drug-likeness (QED) is 0.722. The molecule has 1 unspecified atom stereocenters. The number of nitrogens with zero attached hydrogens (tertiary/aromatic N) is 4. The van der Waals surface area contributed by atoms with E-state index in [1.165, 1.54) is 0 Å². The Morgan fingerprint density at radius 1 is 1.15 bits per heavy atom. The maximum Gasteiger partial charge on any atom is 0.253 e. The monoisotopic (exact) mass is 358 g/mol. The first-order chi connectivity index (χ1) is 13.1. The summed E-state index contributed by atoms with van der Waals surface area (Å²) in [5.41, 5.74) is 3.28. The first-order valence-electron chi connectivity index (χ1n) is 9.15. The predicted molar refractivity (Wildman–Crippen MR) is 106 cm³/mol. The molecule has 0 saturated carbocycles. The second-order valence-corrected chi connectivity index (χ2v) is 7.25. The highest BCUT2D eigenvalue weighted by atomic mass is 16.2. The zero-order valence-electron chi connectivity index (χ0n) is 15.6. The lowest BCUT2D eigenvalue weighted by atomic mass is 10.1. The Labute approximate surface area is 159 Å². The Kier molecular flexibility index (Phi) is 4.43. The molecule has 1 aliphatic rings. The van der Waals surface area contributed by atoms with Crippen LogP contribution >= 0.6 is 0 Å². The van der Waals surface area contributed by atoms with E-state index < -0.39 is 0 Å². The highest BCUT2D eigenvalue weighted by molar-refractivity contribution is 5.95. The average molecular weight is 358 g/mol.